The van der Waals surface area contributed by atoms with E-state index in [-0.39, 0.29) is 6.04 Å². The highest BCUT2D eigenvalue weighted by atomic mass is 19.2. The summed E-state index contributed by atoms with van der Waals surface area (Å²) in [5, 5.41) is 3.16. The van der Waals surface area contributed by atoms with Crippen molar-refractivity contribution in [1.82, 2.24) is 5.32 Å². The van der Waals surface area contributed by atoms with E-state index < -0.39 is 11.6 Å². The number of benzene rings is 1. The molecule has 15 heavy (non-hydrogen) atoms. The minimum absolute atomic E-state index is 0.164. The van der Waals surface area contributed by atoms with Gasteiger partial charge in [-0.05, 0) is 25.5 Å². The molecule has 0 saturated heterocycles. The van der Waals surface area contributed by atoms with E-state index in [0.29, 0.717) is 11.5 Å². The van der Waals surface area contributed by atoms with Crippen molar-refractivity contribution in [1.29, 1.82) is 0 Å². The first-order valence-corrected chi connectivity index (χ1v) is 5.19. The third-order valence-corrected chi connectivity index (χ3v) is 2.28. The molecule has 0 saturated carbocycles. The quantitative estimate of drug-likeness (QED) is 0.809. The zero-order chi connectivity index (χ0) is 11.4. The van der Waals surface area contributed by atoms with Crippen LogP contribution in [0.2, 0.25) is 0 Å². The van der Waals surface area contributed by atoms with Crippen LogP contribution in [0.1, 0.15) is 32.4 Å². The molecule has 1 nitrogen and oxygen atoms in total. The van der Waals surface area contributed by atoms with E-state index in [1.54, 1.807) is 6.07 Å². The van der Waals surface area contributed by atoms with Crippen molar-refractivity contribution in [2.24, 2.45) is 5.92 Å². The maximum atomic E-state index is 13.4. The fourth-order valence-electron chi connectivity index (χ4n) is 1.38. The van der Waals surface area contributed by atoms with Gasteiger partial charge < -0.3 is 5.32 Å². The molecule has 0 spiro atoms. The van der Waals surface area contributed by atoms with Crippen LogP contribution in [0.5, 0.6) is 0 Å². The van der Waals surface area contributed by atoms with Gasteiger partial charge in [-0.25, -0.2) is 8.78 Å². The first kappa shape index (κ1) is 12.1. The number of hydrogen-bond acceptors (Lipinski definition) is 1. The molecule has 0 radical (unpaired) electrons. The Hall–Kier alpha value is -0.960. The molecule has 0 aliphatic heterocycles. The molecule has 0 aliphatic carbocycles. The Morgan fingerprint density at radius 3 is 2.47 bits per heavy atom. The Morgan fingerprint density at radius 1 is 1.20 bits per heavy atom. The van der Waals surface area contributed by atoms with Crippen LogP contribution in [0.25, 0.3) is 0 Å². The molecule has 1 aromatic rings. The lowest BCUT2D eigenvalue weighted by Gasteiger charge is -2.16. The molecule has 0 amide bonds. The van der Waals surface area contributed by atoms with Gasteiger partial charge in [-0.1, -0.05) is 26.0 Å². The molecular weight excluding hydrogens is 196 g/mol. The van der Waals surface area contributed by atoms with Gasteiger partial charge in [-0.2, -0.15) is 0 Å². The summed E-state index contributed by atoms with van der Waals surface area (Å²) < 4.78 is 26.3. The average Bonchev–Trinajstić information content (AvgIpc) is 2.18. The number of hydrogen-bond donors (Lipinski definition) is 1. The van der Waals surface area contributed by atoms with Gasteiger partial charge in [0, 0.05) is 11.6 Å². The highest BCUT2D eigenvalue weighted by Gasteiger charge is 2.13. The summed E-state index contributed by atoms with van der Waals surface area (Å²) in [5.74, 6) is -1.05. The number of halogens is 2. The van der Waals surface area contributed by atoms with Crippen molar-refractivity contribution in [2.45, 2.75) is 26.8 Å². The predicted octanol–water partition coefficient (Wildman–Crippen LogP) is 3.27. The second-order valence-electron chi connectivity index (χ2n) is 4.17. The smallest absolute Gasteiger partial charge is 0.163 e. The number of rotatable bonds is 4. The zero-order valence-corrected chi connectivity index (χ0v) is 9.35. The zero-order valence-electron chi connectivity index (χ0n) is 9.35. The first-order chi connectivity index (χ1) is 7.02. The van der Waals surface area contributed by atoms with Gasteiger partial charge in [-0.3, -0.25) is 0 Å². The van der Waals surface area contributed by atoms with Gasteiger partial charge in [0.2, 0.25) is 0 Å². The van der Waals surface area contributed by atoms with Crippen molar-refractivity contribution in [3.05, 3.63) is 35.4 Å². The van der Waals surface area contributed by atoms with Crippen molar-refractivity contribution in [3.63, 3.8) is 0 Å². The van der Waals surface area contributed by atoms with Crippen LogP contribution >= 0.6 is 0 Å². The van der Waals surface area contributed by atoms with Gasteiger partial charge in [0.15, 0.2) is 11.6 Å². The predicted molar refractivity (Wildman–Crippen MR) is 57.6 cm³/mol. The lowest BCUT2D eigenvalue weighted by molar-refractivity contribution is 0.454. The average molecular weight is 213 g/mol. The maximum absolute atomic E-state index is 13.4. The van der Waals surface area contributed by atoms with Crippen LogP contribution in [0.15, 0.2) is 18.2 Å². The molecule has 84 valence electrons. The standard InChI is InChI=1S/C12H17F2N/c1-8(2)7-15-9(3)10-5-4-6-11(13)12(10)14/h4-6,8-9,15H,7H2,1-3H3. The van der Waals surface area contributed by atoms with Crippen molar-refractivity contribution < 1.29 is 8.78 Å². The van der Waals surface area contributed by atoms with E-state index in [1.165, 1.54) is 6.07 Å². The maximum Gasteiger partial charge on any atom is 0.163 e. The van der Waals surface area contributed by atoms with Crippen LogP contribution in [0.4, 0.5) is 8.78 Å². The Labute approximate surface area is 89.5 Å². The second kappa shape index (κ2) is 5.21. The van der Waals surface area contributed by atoms with E-state index in [0.717, 1.165) is 12.6 Å². The molecule has 1 aromatic carbocycles. The largest absolute Gasteiger partial charge is 0.310 e. The Bertz CT molecular complexity index is 323. The molecule has 0 aliphatic rings. The topological polar surface area (TPSA) is 12.0 Å². The number of nitrogens with one attached hydrogen (secondary N) is 1. The highest BCUT2D eigenvalue weighted by molar-refractivity contribution is 5.21. The molecule has 3 heteroatoms. The second-order valence-corrected chi connectivity index (χ2v) is 4.17. The van der Waals surface area contributed by atoms with Crippen molar-refractivity contribution >= 4 is 0 Å². The van der Waals surface area contributed by atoms with Gasteiger partial charge in [0.05, 0.1) is 0 Å². The molecule has 1 rings (SSSR count). The molecule has 1 unspecified atom stereocenters. The highest BCUT2D eigenvalue weighted by Crippen LogP contribution is 2.18. The monoisotopic (exact) mass is 213 g/mol. The summed E-state index contributed by atoms with van der Waals surface area (Å²) in [6.45, 7) is 6.76. The Balaban J connectivity index is 2.73. The van der Waals surface area contributed by atoms with E-state index in [4.69, 9.17) is 0 Å². The lowest BCUT2D eigenvalue weighted by Crippen LogP contribution is -2.24. The Morgan fingerprint density at radius 2 is 1.87 bits per heavy atom. The molecule has 0 heterocycles. The van der Waals surface area contributed by atoms with E-state index in [1.807, 2.05) is 6.92 Å². The van der Waals surface area contributed by atoms with Crippen molar-refractivity contribution in [2.75, 3.05) is 6.54 Å². The van der Waals surface area contributed by atoms with Crippen LogP contribution in [-0.2, 0) is 0 Å². The molecule has 1 atom stereocenters. The molecular formula is C12H17F2N. The van der Waals surface area contributed by atoms with Crippen molar-refractivity contribution in [3.8, 4) is 0 Å². The van der Waals surface area contributed by atoms with Crippen LogP contribution < -0.4 is 5.32 Å². The third-order valence-electron chi connectivity index (χ3n) is 2.28. The minimum Gasteiger partial charge on any atom is -0.310 e. The summed E-state index contributed by atoms with van der Waals surface area (Å²) in [5.41, 5.74) is 0.385. The minimum atomic E-state index is -0.786. The van der Waals surface area contributed by atoms with E-state index in [9.17, 15) is 8.78 Å². The van der Waals surface area contributed by atoms with E-state index in [2.05, 4.69) is 19.2 Å². The molecule has 0 fully saturated rings. The van der Waals surface area contributed by atoms with Crippen LogP contribution in [0.3, 0.4) is 0 Å². The summed E-state index contributed by atoms with van der Waals surface area (Å²) >= 11 is 0. The molecule has 1 N–H and O–H groups in total. The van der Waals surface area contributed by atoms with Crippen LogP contribution in [-0.4, -0.2) is 6.54 Å². The summed E-state index contributed by atoms with van der Waals surface area (Å²) in [7, 11) is 0. The summed E-state index contributed by atoms with van der Waals surface area (Å²) in [6, 6.07) is 4.11. The summed E-state index contributed by atoms with van der Waals surface area (Å²) in [4.78, 5) is 0. The third kappa shape index (κ3) is 3.27. The van der Waals surface area contributed by atoms with Gasteiger partial charge >= 0.3 is 0 Å². The van der Waals surface area contributed by atoms with E-state index >= 15 is 0 Å². The van der Waals surface area contributed by atoms with Crippen LogP contribution in [0, 0.1) is 17.6 Å². The van der Waals surface area contributed by atoms with Gasteiger partial charge in [0.1, 0.15) is 0 Å². The fourth-order valence-corrected chi connectivity index (χ4v) is 1.38. The SMILES string of the molecule is CC(C)CNC(C)c1cccc(F)c1F. The molecule has 0 bridgehead atoms. The van der Waals surface area contributed by atoms with Gasteiger partial charge in [0.25, 0.3) is 0 Å². The molecule has 0 aromatic heterocycles. The normalized spacial score (nSPS) is 13.2. The lowest BCUT2D eigenvalue weighted by atomic mass is 10.1. The Kier molecular flexibility index (Phi) is 4.21. The fraction of sp³-hybridized carbons (Fsp3) is 0.500. The van der Waals surface area contributed by atoms with Gasteiger partial charge in [-0.15, -0.1) is 0 Å². The summed E-state index contributed by atoms with van der Waals surface area (Å²) in [6.07, 6.45) is 0. The first-order valence-electron chi connectivity index (χ1n) is 5.19.